The lowest BCUT2D eigenvalue weighted by molar-refractivity contribution is -0.140. The Balaban J connectivity index is 2.74. The zero-order valence-corrected chi connectivity index (χ0v) is 11.5. The maximum Gasteiger partial charge on any atom is 0.325 e. The van der Waals surface area contributed by atoms with Gasteiger partial charge in [0.15, 0.2) is 0 Å². The van der Waals surface area contributed by atoms with Crippen LogP contribution in [0.1, 0.15) is 12.5 Å². The highest BCUT2D eigenvalue weighted by Gasteiger charge is 2.10. The van der Waals surface area contributed by atoms with Crippen molar-refractivity contribution in [3.8, 4) is 0 Å². The van der Waals surface area contributed by atoms with Crippen molar-refractivity contribution in [1.29, 1.82) is 0 Å². The quantitative estimate of drug-likeness (QED) is 0.791. The topological polar surface area (TPSA) is 58.6 Å². The summed E-state index contributed by atoms with van der Waals surface area (Å²) < 4.78 is 4.78. The summed E-state index contributed by atoms with van der Waals surface area (Å²) in [5.41, 5.74) is 1.34. The number of aliphatic hydroxyl groups excluding tert-OH is 1. The Morgan fingerprint density at radius 3 is 2.50 bits per heavy atom. The van der Waals surface area contributed by atoms with Gasteiger partial charge < -0.3 is 15.2 Å². The van der Waals surface area contributed by atoms with E-state index in [0.29, 0.717) is 28.8 Å². The first-order valence-electron chi connectivity index (χ1n) is 5.56. The van der Waals surface area contributed by atoms with Crippen LogP contribution in [0.2, 0.25) is 10.0 Å². The summed E-state index contributed by atoms with van der Waals surface area (Å²) in [5.74, 6) is -0.371. The Morgan fingerprint density at radius 2 is 2.00 bits per heavy atom. The molecule has 0 saturated carbocycles. The monoisotopic (exact) mass is 291 g/mol. The van der Waals surface area contributed by atoms with E-state index in [2.05, 4.69) is 5.32 Å². The second-order valence-corrected chi connectivity index (χ2v) is 4.38. The van der Waals surface area contributed by atoms with Crippen LogP contribution in [0.3, 0.4) is 0 Å². The number of hydrogen-bond acceptors (Lipinski definition) is 4. The first-order valence-corrected chi connectivity index (χ1v) is 6.32. The van der Waals surface area contributed by atoms with E-state index < -0.39 is 0 Å². The summed E-state index contributed by atoms with van der Waals surface area (Å²) >= 11 is 12.1. The number of halogens is 2. The predicted octanol–water partition coefficient (Wildman–Crippen LogP) is 2.50. The molecule has 0 aliphatic carbocycles. The Bertz CT molecular complexity index is 401. The molecular formula is C12H15Cl2NO3. The van der Waals surface area contributed by atoms with Crippen molar-refractivity contribution in [1.82, 2.24) is 0 Å². The molecule has 100 valence electrons. The van der Waals surface area contributed by atoms with E-state index in [-0.39, 0.29) is 19.1 Å². The van der Waals surface area contributed by atoms with E-state index in [1.54, 1.807) is 19.1 Å². The number of esters is 1. The van der Waals surface area contributed by atoms with Gasteiger partial charge in [0.1, 0.15) is 6.54 Å². The van der Waals surface area contributed by atoms with E-state index in [0.717, 1.165) is 5.56 Å². The molecule has 0 aliphatic heterocycles. The third-order valence-corrected chi connectivity index (χ3v) is 2.81. The fourth-order valence-corrected chi connectivity index (χ4v) is 2.11. The molecule has 1 aromatic rings. The van der Waals surface area contributed by atoms with Gasteiger partial charge >= 0.3 is 5.97 Å². The van der Waals surface area contributed by atoms with Crippen molar-refractivity contribution in [3.05, 3.63) is 27.7 Å². The van der Waals surface area contributed by atoms with Crippen molar-refractivity contribution in [2.45, 2.75) is 13.3 Å². The Labute approximate surface area is 116 Å². The Kier molecular flexibility index (Phi) is 6.25. The third kappa shape index (κ3) is 4.37. The van der Waals surface area contributed by atoms with E-state index in [9.17, 15) is 4.79 Å². The van der Waals surface area contributed by atoms with E-state index in [1.165, 1.54) is 0 Å². The molecule has 0 unspecified atom stereocenters. The van der Waals surface area contributed by atoms with Gasteiger partial charge in [0.25, 0.3) is 0 Å². The molecule has 0 amide bonds. The maximum atomic E-state index is 11.2. The van der Waals surface area contributed by atoms with Crippen LogP contribution in [0.5, 0.6) is 0 Å². The van der Waals surface area contributed by atoms with Crippen molar-refractivity contribution in [2.75, 3.05) is 25.1 Å². The van der Waals surface area contributed by atoms with Crippen LogP contribution >= 0.6 is 23.2 Å². The number of rotatable bonds is 6. The first kappa shape index (κ1) is 15.1. The van der Waals surface area contributed by atoms with Gasteiger partial charge in [-0.3, -0.25) is 4.79 Å². The fraction of sp³-hybridized carbons (Fsp3) is 0.417. The van der Waals surface area contributed by atoms with Crippen molar-refractivity contribution in [3.63, 3.8) is 0 Å². The largest absolute Gasteiger partial charge is 0.465 e. The molecule has 0 saturated heterocycles. The molecule has 0 fully saturated rings. The summed E-state index contributed by atoms with van der Waals surface area (Å²) in [6.07, 6.45) is 0.484. The molecule has 2 N–H and O–H groups in total. The highest BCUT2D eigenvalue weighted by molar-refractivity contribution is 6.39. The number of hydrogen-bond donors (Lipinski definition) is 2. The number of ether oxygens (including phenoxy) is 1. The summed E-state index contributed by atoms with van der Waals surface area (Å²) in [5, 5.41) is 12.5. The number of aliphatic hydroxyl groups is 1. The fourth-order valence-electron chi connectivity index (χ4n) is 1.44. The van der Waals surface area contributed by atoms with Crippen LogP contribution in [0.4, 0.5) is 5.69 Å². The van der Waals surface area contributed by atoms with Crippen LogP contribution in [0, 0.1) is 0 Å². The van der Waals surface area contributed by atoms with Gasteiger partial charge in [-0.1, -0.05) is 23.2 Å². The number of carbonyl (C=O) groups excluding carboxylic acids is 1. The van der Waals surface area contributed by atoms with Crippen LogP contribution < -0.4 is 5.32 Å². The third-order valence-electron chi connectivity index (χ3n) is 2.22. The summed E-state index contributed by atoms with van der Waals surface area (Å²) in [7, 11) is 0. The SMILES string of the molecule is CCOC(=O)CNc1c(Cl)cc(CCO)cc1Cl. The average molecular weight is 292 g/mol. The summed E-state index contributed by atoms with van der Waals surface area (Å²) in [6.45, 7) is 2.11. The average Bonchev–Trinajstić information content (AvgIpc) is 2.28. The predicted molar refractivity (Wildman–Crippen MR) is 72.4 cm³/mol. The van der Waals surface area contributed by atoms with Gasteiger partial charge in [-0.25, -0.2) is 0 Å². The zero-order chi connectivity index (χ0) is 13.5. The molecule has 0 aliphatic rings. The van der Waals surface area contributed by atoms with Gasteiger partial charge in [0.05, 0.1) is 22.3 Å². The van der Waals surface area contributed by atoms with Gasteiger partial charge in [-0.2, -0.15) is 0 Å². The van der Waals surface area contributed by atoms with Crippen LogP contribution in [0.25, 0.3) is 0 Å². The standard InChI is InChI=1S/C12H15Cl2NO3/c1-2-18-11(17)7-15-12-9(13)5-8(3-4-16)6-10(12)14/h5-6,15-16H,2-4,7H2,1H3. The minimum Gasteiger partial charge on any atom is -0.465 e. The smallest absolute Gasteiger partial charge is 0.325 e. The van der Waals surface area contributed by atoms with Gasteiger partial charge in [0, 0.05) is 6.61 Å². The Hall–Kier alpha value is -0.970. The van der Waals surface area contributed by atoms with Gasteiger partial charge in [0.2, 0.25) is 0 Å². The van der Waals surface area contributed by atoms with E-state index in [1.807, 2.05) is 0 Å². The zero-order valence-electron chi connectivity index (χ0n) is 10.0. The number of anilines is 1. The molecule has 18 heavy (non-hydrogen) atoms. The molecule has 6 heteroatoms. The number of nitrogens with one attached hydrogen (secondary N) is 1. The van der Waals surface area contributed by atoms with E-state index in [4.69, 9.17) is 33.0 Å². The van der Waals surface area contributed by atoms with Crippen LogP contribution in [0.15, 0.2) is 12.1 Å². The molecule has 1 rings (SSSR count). The highest BCUT2D eigenvalue weighted by atomic mass is 35.5. The second-order valence-electron chi connectivity index (χ2n) is 3.57. The minimum absolute atomic E-state index is 0.00657. The highest BCUT2D eigenvalue weighted by Crippen LogP contribution is 2.31. The van der Waals surface area contributed by atoms with Crippen LogP contribution in [-0.4, -0.2) is 30.8 Å². The van der Waals surface area contributed by atoms with E-state index >= 15 is 0 Å². The molecule has 0 heterocycles. The lowest BCUT2D eigenvalue weighted by Crippen LogP contribution is -2.17. The number of carbonyl (C=O) groups is 1. The van der Waals surface area contributed by atoms with Crippen molar-refractivity contribution in [2.24, 2.45) is 0 Å². The van der Waals surface area contributed by atoms with Crippen molar-refractivity contribution >= 4 is 34.9 Å². The molecule has 0 bridgehead atoms. The van der Waals surface area contributed by atoms with Crippen molar-refractivity contribution < 1.29 is 14.6 Å². The molecule has 0 atom stereocenters. The van der Waals surface area contributed by atoms with Crippen LogP contribution in [-0.2, 0) is 16.0 Å². The molecule has 0 radical (unpaired) electrons. The molecular weight excluding hydrogens is 277 g/mol. The second kappa shape index (κ2) is 7.46. The Morgan fingerprint density at radius 1 is 1.39 bits per heavy atom. The lowest BCUT2D eigenvalue weighted by atomic mass is 10.1. The van der Waals surface area contributed by atoms with Gasteiger partial charge in [-0.15, -0.1) is 0 Å². The molecule has 0 spiro atoms. The van der Waals surface area contributed by atoms with Gasteiger partial charge in [-0.05, 0) is 31.0 Å². The number of benzene rings is 1. The summed E-state index contributed by atoms with van der Waals surface area (Å²) in [4.78, 5) is 11.2. The first-order chi connectivity index (χ1) is 8.58. The minimum atomic E-state index is -0.371. The molecule has 4 nitrogen and oxygen atoms in total. The molecule has 0 aromatic heterocycles. The lowest BCUT2D eigenvalue weighted by Gasteiger charge is -2.11. The molecule has 1 aromatic carbocycles. The summed E-state index contributed by atoms with van der Waals surface area (Å²) in [6, 6.07) is 3.41. The normalized spacial score (nSPS) is 10.2. The maximum absolute atomic E-state index is 11.2.